The van der Waals surface area contributed by atoms with Crippen LogP contribution in [-0.2, 0) is 0 Å². The molecule has 7 heteroatoms. The number of nitriles is 1. The molecule has 1 heterocycles. The quantitative estimate of drug-likeness (QED) is 0.659. The SMILES string of the molecule is COc1ccc(NC(=O)c2cc(C#N)ccc2Nc2ccc(F)cc2C)c(C)n1. The lowest BCUT2D eigenvalue weighted by molar-refractivity contribution is 0.102. The van der Waals surface area contributed by atoms with Crippen LogP contribution in [0.15, 0.2) is 48.5 Å². The number of halogens is 1. The maximum atomic E-state index is 13.4. The molecule has 0 spiro atoms. The molecular formula is C22H19FN4O2. The van der Waals surface area contributed by atoms with Gasteiger partial charge in [0.25, 0.3) is 5.91 Å². The van der Waals surface area contributed by atoms with Crippen LogP contribution in [0.3, 0.4) is 0 Å². The Morgan fingerprint density at radius 3 is 2.45 bits per heavy atom. The van der Waals surface area contributed by atoms with Crippen molar-refractivity contribution >= 4 is 23.0 Å². The highest BCUT2D eigenvalue weighted by atomic mass is 19.1. The number of methoxy groups -OCH3 is 1. The number of amides is 1. The van der Waals surface area contributed by atoms with Crippen molar-refractivity contribution in [1.29, 1.82) is 5.26 Å². The van der Waals surface area contributed by atoms with Crippen LogP contribution in [-0.4, -0.2) is 18.0 Å². The van der Waals surface area contributed by atoms with Gasteiger partial charge in [-0.1, -0.05) is 0 Å². The number of nitrogens with one attached hydrogen (secondary N) is 2. The van der Waals surface area contributed by atoms with Gasteiger partial charge in [-0.2, -0.15) is 5.26 Å². The van der Waals surface area contributed by atoms with E-state index in [1.54, 1.807) is 44.2 Å². The van der Waals surface area contributed by atoms with Crippen LogP contribution in [0.5, 0.6) is 5.88 Å². The summed E-state index contributed by atoms with van der Waals surface area (Å²) in [6.45, 7) is 3.52. The van der Waals surface area contributed by atoms with Crippen LogP contribution in [0, 0.1) is 31.0 Å². The Morgan fingerprint density at radius 2 is 1.79 bits per heavy atom. The lowest BCUT2D eigenvalue weighted by Gasteiger charge is -2.15. The summed E-state index contributed by atoms with van der Waals surface area (Å²) in [4.78, 5) is 17.2. The third kappa shape index (κ3) is 4.50. The number of ether oxygens (including phenoxy) is 1. The van der Waals surface area contributed by atoms with Gasteiger partial charge >= 0.3 is 0 Å². The summed E-state index contributed by atoms with van der Waals surface area (Å²) in [7, 11) is 1.52. The molecule has 1 aromatic heterocycles. The molecule has 2 N–H and O–H groups in total. The second kappa shape index (κ2) is 8.40. The van der Waals surface area contributed by atoms with Crippen LogP contribution in [0.1, 0.15) is 27.2 Å². The van der Waals surface area contributed by atoms with Gasteiger partial charge in [-0.15, -0.1) is 0 Å². The molecule has 2 aromatic carbocycles. The highest BCUT2D eigenvalue weighted by molar-refractivity contribution is 6.09. The summed E-state index contributed by atoms with van der Waals surface area (Å²) >= 11 is 0. The molecule has 0 aliphatic carbocycles. The van der Waals surface area contributed by atoms with E-state index in [1.165, 1.54) is 25.3 Å². The highest BCUT2D eigenvalue weighted by Crippen LogP contribution is 2.26. The van der Waals surface area contributed by atoms with Crippen LogP contribution >= 0.6 is 0 Å². The van der Waals surface area contributed by atoms with Crippen LogP contribution in [0.2, 0.25) is 0 Å². The molecule has 1 amide bonds. The van der Waals surface area contributed by atoms with Gasteiger partial charge in [-0.3, -0.25) is 4.79 Å². The van der Waals surface area contributed by atoms with Crippen LogP contribution in [0.4, 0.5) is 21.5 Å². The second-order valence-corrected chi connectivity index (χ2v) is 6.40. The maximum absolute atomic E-state index is 13.4. The summed E-state index contributed by atoms with van der Waals surface area (Å²) in [5, 5.41) is 15.2. The molecule has 0 fully saturated rings. The predicted octanol–water partition coefficient (Wildman–Crippen LogP) is 4.71. The van der Waals surface area contributed by atoms with E-state index in [0.29, 0.717) is 39.8 Å². The highest BCUT2D eigenvalue weighted by Gasteiger charge is 2.15. The van der Waals surface area contributed by atoms with Crippen molar-refractivity contribution in [3.05, 3.63) is 76.7 Å². The zero-order valence-corrected chi connectivity index (χ0v) is 16.2. The third-order valence-corrected chi connectivity index (χ3v) is 4.37. The number of aryl methyl sites for hydroxylation is 2. The fourth-order valence-electron chi connectivity index (χ4n) is 2.80. The fraction of sp³-hybridized carbons (Fsp3) is 0.136. The van der Waals surface area contributed by atoms with Gasteiger partial charge in [-0.25, -0.2) is 9.37 Å². The molecule has 3 rings (SSSR count). The average molecular weight is 390 g/mol. The number of rotatable bonds is 5. The first-order chi connectivity index (χ1) is 13.9. The minimum absolute atomic E-state index is 0.281. The Labute approximate surface area is 168 Å². The van der Waals surface area contributed by atoms with Crippen molar-refractivity contribution in [2.45, 2.75) is 13.8 Å². The molecule has 6 nitrogen and oxygen atoms in total. The van der Waals surface area contributed by atoms with E-state index >= 15 is 0 Å². The zero-order valence-electron chi connectivity index (χ0n) is 16.2. The zero-order chi connectivity index (χ0) is 21.0. The minimum atomic E-state index is -0.403. The largest absolute Gasteiger partial charge is 0.481 e. The van der Waals surface area contributed by atoms with Gasteiger partial charge in [0.2, 0.25) is 5.88 Å². The number of carbonyl (C=O) groups is 1. The Hall–Kier alpha value is -3.92. The predicted molar refractivity (Wildman–Crippen MR) is 109 cm³/mol. The number of hydrogen-bond acceptors (Lipinski definition) is 5. The summed E-state index contributed by atoms with van der Waals surface area (Å²) < 4.78 is 18.5. The number of nitrogens with zero attached hydrogens (tertiary/aromatic N) is 2. The molecule has 0 bridgehead atoms. The maximum Gasteiger partial charge on any atom is 0.257 e. The first-order valence-electron chi connectivity index (χ1n) is 8.81. The molecule has 0 radical (unpaired) electrons. The molecule has 0 unspecified atom stereocenters. The van der Waals surface area contributed by atoms with E-state index in [1.807, 2.05) is 6.07 Å². The van der Waals surface area contributed by atoms with Gasteiger partial charge in [0.15, 0.2) is 0 Å². The van der Waals surface area contributed by atoms with Gasteiger partial charge in [0.1, 0.15) is 5.82 Å². The summed E-state index contributed by atoms with van der Waals surface area (Å²) in [6, 6.07) is 14.5. The third-order valence-electron chi connectivity index (χ3n) is 4.37. The first-order valence-corrected chi connectivity index (χ1v) is 8.81. The van der Waals surface area contributed by atoms with Crippen molar-refractivity contribution < 1.29 is 13.9 Å². The normalized spacial score (nSPS) is 10.2. The Morgan fingerprint density at radius 1 is 1.07 bits per heavy atom. The smallest absolute Gasteiger partial charge is 0.257 e. The van der Waals surface area contributed by atoms with Crippen LogP contribution in [0.25, 0.3) is 0 Å². The number of benzene rings is 2. The van der Waals surface area contributed by atoms with E-state index in [0.717, 1.165) is 0 Å². The van der Waals surface area contributed by atoms with Crippen molar-refractivity contribution in [3.63, 3.8) is 0 Å². The lowest BCUT2D eigenvalue weighted by atomic mass is 10.1. The summed E-state index contributed by atoms with van der Waals surface area (Å²) in [5.41, 5.74) is 3.60. The van der Waals surface area contributed by atoms with Gasteiger partial charge in [0.05, 0.1) is 41.4 Å². The Bertz CT molecular complexity index is 1120. The molecular weight excluding hydrogens is 371 g/mol. The van der Waals surface area contributed by atoms with E-state index < -0.39 is 5.91 Å². The van der Waals surface area contributed by atoms with E-state index in [2.05, 4.69) is 15.6 Å². The number of pyridine rings is 1. The molecule has 0 saturated carbocycles. The standard InChI is InChI=1S/C22H19FN4O2/c1-13-10-16(23)5-7-18(13)26-20-6-4-15(12-24)11-17(20)22(28)27-19-8-9-21(29-3)25-14(19)2/h4-11,26H,1-3H3,(H,27,28). The number of anilines is 3. The number of aromatic nitrogens is 1. The first kappa shape index (κ1) is 19.8. The minimum Gasteiger partial charge on any atom is -0.481 e. The molecule has 0 atom stereocenters. The number of hydrogen-bond donors (Lipinski definition) is 2. The van der Waals surface area contributed by atoms with Crippen molar-refractivity contribution in [2.75, 3.05) is 17.7 Å². The van der Waals surface area contributed by atoms with Crippen molar-refractivity contribution in [2.24, 2.45) is 0 Å². The van der Waals surface area contributed by atoms with Crippen molar-refractivity contribution in [3.8, 4) is 11.9 Å². The Kier molecular flexibility index (Phi) is 5.74. The molecule has 146 valence electrons. The molecule has 0 saturated heterocycles. The van der Waals surface area contributed by atoms with Crippen LogP contribution < -0.4 is 15.4 Å². The molecule has 3 aromatic rings. The van der Waals surface area contributed by atoms with E-state index in [-0.39, 0.29) is 11.4 Å². The topological polar surface area (TPSA) is 87.0 Å². The van der Waals surface area contributed by atoms with E-state index in [4.69, 9.17) is 4.74 Å². The van der Waals surface area contributed by atoms with Gasteiger partial charge < -0.3 is 15.4 Å². The molecule has 0 aliphatic heterocycles. The van der Waals surface area contributed by atoms with Crippen molar-refractivity contribution in [1.82, 2.24) is 4.98 Å². The second-order valence-electron chi connectivity index (χ2n) is 6.40. The Balaban J connectivity index is 1.94. The summed E-state index contributed by atoms with van der Waals surface area (Å²) in [6.07, 6.45) is 0. The molecule has 29 heavy (non-hydrogen) atoms. The molecule has 0 aliphatic rings. The van der Waals surface area contributed by atoms with Gasteiger partial charge in [0, 0.05) is 11.8 Å². The monoisotopic (exact) mass is 390 g/mol. The fourth-order valence-corrected chi connectivity index (χ4v) is 2.80. The summed E-state index contributed by atoms with van der Waals surface area (Å²) in [5.74, 6) is -0.297. The average Bonchev–Trinajstić information content (AvgIpc) is 2.71. The number of carbonyl (C=O) groups excluding carboxylic acids is 1. The lowest BCUT2D eigenvalue weighted by Crippen LogP contribution is -2.15. The van der Waals surface area contributed by atoms with E-state index in [9.17, 15) is 14.4 Å². The van der Waals surface area contributed by atoms with Gasteiger partial charge in [-0.05, 0) is 61.9 Å².